The van der Waals surface area contributed by atoms with Crippen molar-refractivity contribution in [3.63, 3.8) is 0 Å². The molecule has 8 nitrogen and oxygen atoms in total. The molecule has 4 rings (SSSR count). The van der Waals surface area contributed by atoms with Gasteiger partial charge in [0.15, 0.2) is 5.65 Å². The molecule has 4 heterocycles. The van der Waals surface area contributed by atoms with E-state index in [-0.39, 0.29) is 5.56 Å². The van der Waals surface area contributed by atoms with Crippen molar-refractivity contribution in [2.75, 3.05) is 25.0 Å². The third-order valence-corrected chi connectivity index (χ3v) is 5.44. The second-order valence-corrected chi connectivity index (χ2v) is 7.60. The quantitative estimate of drug-likeness (QED) is 0.686. The number of fused-ring (bicyclic) bond motifs is 1. The van der Waals surface area contributed by atoms with Gasteiger partial charge < -0.3 is 5.32 Å². The first-order chi connectivity index (χ1) is 14.1. The maximum atomic E-state index is 12.0. The molecule has 1 saturated heterocycles. The molecule has 8 heteroatoms. The fraction of sp³-hybridized carbons (Fsp3) is 0.476. The summed E-state index contributed by atoms with van der Waals surface area (Å²) in [6.07, 6.45) is 5.29. The molecule has 0 amide bonds. The Hall–Kier alpha value is -2.87. The molecule has 1 unspecified atom stereocenters. The van der Waals surface area contributed by atoms with E-state index in [9.17, 15) is 4.79 Å². The normalized spacial score (nSPS) is 17.5. The van der Waals surface area contributed by atoms with Gasteiger partial charge in [-0.1, -0.05) is 6.42 Å². The molecule has 3 aromatic rings. The van der Waals surface area contributed by atoms with Crippen LogP contribution < -0.4 is 10.9 Å². The molecule has 1 aliphatic rings. The van der Waals surface area contributed by atoms with Crippen LogP contribution in [0.5, 0.6) is 0 Å². The van der Waals surface area contributed by atoms with Gasteiger partial charge in [0.1, 0.15) is 11.6 Å². The molecule has 0 radical (unpaired) electrons. The van der Waals surface area contributed by atoms with E-state index in [1.165, 1.54) is 12.8 Å². The lowest BCUT2D eigenvalue weighted by Gasteiger charge is -2.36. The van der Waals surface area contributed by atoms with Crippen molar-refractivity contribution >= 4 is 16.9 Å². The van der Waals surface area contributed by atoms with Crippen LogP contribution in [0.4, 0.5) is 5.82 Å². The minimum atomic E-state index is -0.0438. The first kappa shape index (κ1) is 19.4. The molecule has 0 spiro atoms. The highest BCUT2D eigenvalue weighted by Gasteiger charge is 2.22. The number of rotatable bonds is 6. The lowest BCUT2D eigenvalue weighted by atomic mass is 10.0. The van der Waals surface area contributed by atoms with Crippen molar-refractivity contribution in [1.82, 2.24) is 29.6 Å². The number of nitrogens with zero attached hydrogens (tertiary/aromatic N) is 6. The van der Waals surface area contributed by atoms with E-state index in [2.05, 4.69) is 30.3 Å². The molecule has 0 saturated carbocycles. The molecule has 0 aliphatic carbocycles. The fourth-order valence-corrected chi connectivity index (χ4v) is 3.94. The van der Waals surface area contributed by atoms with Crippen LogP contribution in [0.2, 0.25) is 0 Å². The predicted molar refractivity (Wildman–Crippen MR) is 113 cm³/mol. The molecular formula is C21H27N7O. The summed E-state index contributed by atoms with van der Waals surface area (Å²) < 4.78 is 1.57. The first-order valence-corrected chi connectivity index (χ1v) is 10.2. The highest BCUT2D eigenvalue weighted by atomic mass is 16.1. The van der Waals surface area contributed by atoms with Gasteiger partial charge in [-0.25, -0.2) is 19.6 Å². The highest BCUT2D eigenvalue weighted by Crippen LogP contribution is 2.21. The molecule has 3 aromatic heterocycles. The molecule has 152 valence electrons. The Kier molecular flexibility index (Phi) is 5.80. The monoisotopic (exact) mass is 393 g/mol. The van der Waals surface area contributed by atoms with Gasteiger partial charge in [-0.3, -0.25) is 9.69 Å². The van der Waals surface area contributed by atoms with Crippen LogP contribution in [0.25, 0.3) is 11.0 Å². The van der Waals surface area contributed by atoms with E-state index in [1.807, 2.05) is 26.0 Å². The maximum Gasteiger partial charge on any atom is 0.266 e. The smallest absolute Gasteiger partial charge is 0.266 e. The fourth-order valence-electron chi connectivity index (χ4n) is 3.94. The van der Waals surface area contributed by atoms with Crippen molar-refractivity contribution in [2.45, 2.75) is 45.7 Å². The number of hydrogen-bond acceptors (Lipinski definition) is 7. The van der Waals surface area contributed by atoms with Crippen LogP contribution in [-0.2, 0) is 6.54 Å². The van der Waals surface area contributed by atoms with Crippen LogP contribution >= 0.6 is 0 Å². The van der Waals surface area contributed by atoms with Gasteiger partial charge in [-0.15, -0.1) is 0 Å². The number of piperidine rings is 1. The van der Waals surface area contributed by atoms with Gasteiger partial charge in [0.25, 0.3) is 5.56 Å². The summed E-state index contributed by atoms with van der Waals surface area (Å²) in [7, 11) is 0. The Morgan fingerprint density at radius 1 is 1.14 bits per heavy atom. The molecule has 1 N–H and O–H groups in total. The minimum Gasteiger partial charge on any atom is -0.368 e. The third kappa shape index (κ3) is 4.59. The molecule has 29 heavy (non-hydrogen) atoms. The second-order valence-electron chi connectivity index (χ2n) is 7.60. The summed E-state index contributed by atoms with van der Waals surface area (Å²) >= 11 is 0. The third-order valence-electron chi connectivity index (χ3n) is 5.44. The second kappa shape index (κ2) is 8.65. The zero-order chi connectivity index (χ0) is 20.2. The van der Waals surface area contributed by atoms with Crippen molar-refractivity contribution in [3.8, 4) is 0 Å². The number of hydrogen-bond donors (Lipinski definition) is 1. The molecule has 1 atom stereocenters. The summed E-state index contributed by atoms with van der Waals surface area (Å²) in [5.74, 6) is 1.55. The van der Waals surface area contributed by atoms with Crippen LogP contribution in [-0.4, -0.2) is 55.3 Å². The number of anilines is 1. The van der Waals surface area contributed by atoms with Gasteiger partial charge in [-0.2, -0.15) is 5.10 Å². The number of pyridine rings is 1. The van der Waals surface area contributed by atoms with Crippen molar-refractivity contribution in [3.05, 3.63) is 52.3 Å². The summed E-state index contributed by atoms with van der Waals surface area (Å²) in [6.45, 7) is 7.06. The van der Waals surface area contributed by atoms with Crippen molar-refractivity contribution < 1.29 is 0 Å². The van der Waals surface area contributed by atoms with Gasteiger partial charge in [-0.05, 0) is 51.4 Å². The summed E-state index contributed by atoms with van der Waals surface area (Å²) in [5.41, 5.74) is 1.53. The summed E-state index contributed by atoms with van der Waals surface area (Å²) in [4.78, 5) is 27.9. The molecule has 1 fully saturated rings. The minimum absolute atomic E-state index is 0.0438. The zero-order valence-corrected chi connectivity index (χ0v) is 17.0. The average Bonchev–Trinajstić information content (AvgIpc) is 2.73. The van der Waals surface area contributed by atoms with Gasteiger partial charge in [0.05, 0.1) is 17.6 Å². The van der Waals surface area contributed by atoms with E-state index in [1.54, 1.807) is 23.0 Å². The SMILES string of the molecule is Cc1ccc(=O)n(CCN2CCCCC2CNc2nc(C)nc3ncccc23)n1. The van der Waals surface area contributed by atoms with Gasteiger partial charge >= 0.3 is 0 Å². The number of nitrogens with one attached hydrogen (secondary N) is 1. The van der Waals surface area contributed by atoms with Crippen LogP contribution in [0.15, 0.2) is 35.3 Å². The van der Waals surface area contributed by atoms with Crippen molar-refractivity contribution in [2.24, 2.45) is 0 Å². The van der Waals surface area contributed by atoms with Crippen LogP contribution in [0.1, 0.15) is 30.8 Å². The Balaban J connectivity index is 1.45. The van der Waals surface area contributed by atoms with Gasteiger partial charge in [0.2, 0.25) is 0 Å². The largest absolute Gasteiger partial charge is 0.368 e. The highest BCUT2D eigenvalue weighted by molar-refractivity contribution is 5.86. The molecular weight excluding hydrogens is 366 g/mol. The molecule has 0 bridgehead atoms. The van der Waals surface area contributed by atoms with E-state index < -0.39 is 0 Å². The maximum absolute atomic E-state index is 12.0. The predicted octanol–water partition coefficient (Wildman–Crippen LogP) is 2.16. The summed E-state index contributed by atoms with van der Waals surface area (Å²) in [6, 6.07) is 7.65. The molecule has 1 aliphatic heterocycles. The lowest BCUT2D eigenvalue weighted by Crippen LogP contribution is -2.45. The molecule has 0 aromatic carbocycles. The summed E-state index contributed by atoms with van der Waals surface area (Å²) in [5, 5.41) is 8.83. The van der Waals surface area contributed by atoms with Crippen LogP contribution in [0, 0.1) is 13.8 Å². The van der Waals surface area contributed by atoms with E-state index in [0.717, 1.165) is 43.0 Å². The van der Waals surface area contributed by atoms with Crippen LogP contribution in [0.3, 0.4) is 0 Å². The number of likely N-dealkylation sites (tertiary alicyclic amines) is 1. The topological polar surface area (TPSA) is 88.8 Å². The Bertz CT molecular complexity index is 1050. The Morgan fingerprint density at radius 3 is 2.93 bits per heavy atom. The van der Waals surface area contributed by atoms with E-state index in [0.29, 0.717) is 24.1 Å². The van der Waals surface area contributed by atoms with E-state index in [4.69, 9.17) is 0 Å². The number of aromatic nitrogens is 5. The van der Waals surface area contributed by atoms with Crippen molar-refractivity contribution in [1.29, 1.82) is 0 Å². The van der Waals surface area contributed by atoms with Gasteiger partial charge in [0, 0.05) is 31.4 Å². The Morgan fingerprint density at radius 2 is 2.03 bits per heavy atom. The lowest BCUT2D eigenvalue weighted by molar-refractivity contribution is 0.148. The first-order valence-electron chi connectivity index (χ1n) is 10.2. The zero-order valence-electron chi connectivity index (χ0n) is 17.0. The number of aryl methyl sites for hydroxylation is 2. The average molecular weight is 393 g/mol. The van der Waals surface area contributed by atoms with E-state index >= 15 is 0 Å². The standard InChI is InChI=1S/C21H27N7O/c1-15-8-9-19(29)28(26-15)13-12-27-11-4-3-6-17(27)14-23-21-18-7-5-10-22-20(18)24-16(2)25-21/h5,7-10,17H,3-4,6,11-14H2,1-2H3,(H,22,23,24,25). The Labute approximate surface area is 170 Å².